The zero-order valence-corrected chi connectivity index (χ0v) is 14.4. The summed E-state index contributed by atoms with van der Waals surface area (Å²) in [5.74, 6) is 1.52. The summed E-state index contributed by atoms with van der Waals surface area (Å²) in [6.45, 7) is 13.5. The number of fused-ring (bicyclic) bond motifs is 1. The summed E-state index contributed by atoms with van der Waals surface area (Å²) in [6, 6.07) is 0. The van der Waals surface area contributed by atoms with Crippen molar-refractivity contribution < 1.29 is 14.9 Å². The first kappa shape index (κ1) is 17.9. The van der Waals surface area contributed by atoms with Crippen LogP contribution in [0.4, 0.5) is 0 Å². The van der Waals surface area contributed by atoms with E-state index in [-0.39, 0.29) is 11.0 Å². The van der Waals surface area contributed by atoms with Gasteiger partial charge in [0.05, 0.1) is 5.60 Å². The van der Waals surface area contributed by atoms with Crippen LogP contribution in [0.15, 0.2) is 0 Å². The van der Waals surface area contributed by atoms with Gasteiger partial charge in [-0.05, 0) is 62.2 Å². The molecule has 0 saturated heterocycles. The van der Waals surface area contributed by atoms with E-state index in [4.69, 9.17) is 9.84 Å². The van der Waals surface area contributed by atoms with Crippen LogP contribution in [0, 0.1) is 22.7 Å². The number of hydrogen-bond acceptors (Lipinski definition) is 3. The highest BCUT2D eigenvalue weighted by molar-refractivity contribution is 5.10. The van der Waals surface area contributed by atoms with Crippen LogP contribution >= 0.6 is 0 Å². The first-order valence-electron chi connectivity index (χ1n) is 7.94. The van der Waals surface area contributed by atoms with Crippen LogP contribution in [0.2, 0.25) is 0 Å². The molecule has 3 heteroatoms. The van der Waals surface area contributed by atoms with Gasteiger partial charge in [0.2, 0.25) is 0 Å². The molecule has 0 aromatic carbocycles. The molecule has 0 bridgehead atoms. The molecule has 2 aliphatic carbocycles. The summed E-state index contributed by atoms with van der Waals surface area (Å²) in [7, 11) is 1.00. The molecular formula is C17H34O3. The molecule has 3 unspecified atom stereocenters. The van der Waals surface area contributed by atoms with Gasteiger partial charge >= 0.3 is 0 Å². The molecule has 0 amide bonds. The van der Waals surface area contributed by atoms with E-state index < -0.39 is 6.29 Å². The van der Waals surface area contributed by atoms with Crippen molar-refractivity contribution in [2.24, 2.45) is 22.7 Å². The van der Waals surface area contributed by atoms with Crippen molar-refractivity contribution in [2.45, 2.75) is 79.1 Å². The van der Waals surface area contributed by atoms with E-state index in [1.807, 2.05) is 0 Å². The molecule has 0 aliphatic heterocycles. The smallest absolute Gasteiger partial charge is 0.152 e. The molecule has 0 aromatic rings. The van der Waals surface area contributed by atoms with Gasteiger partial charge in [-0.15, -0.1) is 0 Å². The fourth-order valence-corrected chi connectivity index (χ4v) is 4.81. The van der Waals surface area contributed by atoms with E-state index >= 15 is 0 Å². The lowest BCUT2D eigenvalue weighted by Crippen LogP contribution is -2.57. The van der Waals surface area contributed by atoms with Gasteiger partial charge in [-0.25, -0.2) is 0 Å². The van der Waals surface area contributed by atoms with Gasteiger partial charge in [0.1, 0.15) is 0 Å². The highest BCUT2D eigenvalue weighted by Crippen LogP contribution is 2.65. The number of ether oxygens (including phenoxy) is 1. The average molecular weight is 286 g/mol. The van der Waals surface area contributed by atoms with E-state index in [2.05, 4.69) is 34.6 Å². The van der Waals surface area contributed by atoms with Crippen LogP contribution in [0.25, 0.3) is 0 Å². The van der Waals surface area contributed by atoms with Crippen LogP contribution in [0.5, 0.6) is 0 Å². The molecule has 0 spiro atoms. The Morgan fingerprint density at radius 3 is 2.10 bits per heavy atom. The van der Waals surface area contributed by atoms with Crippen LogP contribution in [-0.4, -0.2) is 29.2 Å². The minimum Gasteiger partial charge on any atom is -0.400 e. The molecule has 2 fully saturated rings. The minimum atomic E-state index is -0.669. The summed E-state index contributed by atoms with van der Waals surface area (Å²) in [5, 5.41) is 16.6. The van der Waals surface area contributed by atoms with Crippen molar-refractivity contribution in [2.75, 3.05) is 7.11 Å². The normalized spacial score (nSPS) is 44.2. The van der Waals surface area contributed by atoms with Gasteiger partial charge in [-0.3, -0.25) is 0 Å². The topological polar surface area (TPSA) is 49.7 Å². The number of aliphatic hydroxyl groups excluding tert-OH is 2. The van der Waals surface area contributed by atoms with Gasteiger partial charge in [0.15, 0.2) is 6.29 Å². The molecule has 0 radical (unpaired) electrons. The fourth-order valence-electron chi connectivity index (χ4n) is 4.81. The lowest BCUT2D eigenvalue weighted by Gasteiger charge is -2.58. The maximum atomic E-state index is 9.64. The van der Waals surface area contributed by atoms with Gasteiger partial charge in [-0.1, -0.05) is 27.7 Å². The second-order valence-electron chi connectivity index (χ2n) is 7.71. The van der Waals surface area contributed by atoms with Crippen molar-refractivity contribution in [3.05, 3.63) is 0 Å². The zero-order valence-electron chi connectivity index (χ0n) is 14.4. The molecule has 20 heavy (non-hydrogen) atoms. The van der Waals surface area contributed by atoms with E-state index in [0.29, 0.717) is 11.3 Å². The fraction of sp³-hybridized carbons (Fsp3) is 1.00. The third-order valence-corrected chi connectivity index (χ3v) is 6.62. The highest BCUT2D eigenvalue weighted by atomic mass is 16.6. The van der Waals surface area contributed by atoms with Crippen LogP contribution < -0.4 is 0 Å². The van der Waals surface area contributed by atoms with E-state index in [1.165, 1.54) is 19.3 Å². The first-order chi connectivity index (χ1) is 9.13. The average Bonchev–Trinajstić information content (AvgIpc) is 2.65. The summed E-state index contributed by atoms with van der Waals surface area (Å²) in [4.78, 5) is 0. The predicted molar refractivity (Wildman–Crippen MR) is 82.3 cm³/mol. The predicted octanol–water partition coefficient (Wildman–Crippen LogP) is 3.58. The molecule has 3 nitrogen and oxygen atoms in total. The number of aliphatic hydroxyl groups is 2. The minimum absolute atomic E-state index is 0.127. The monoisotopic (exact) mass is 286 g/mol. The SMILES string of the molecule is CC(O)O[C@@]1(C)CC[C@]2(C)C(C)CCC2C1(C)C.CO. The van der Waals surface area contributed by atoms with Crippen molar-refractivity contribution >= 4 is 0 Å². The zero-order chi connectivity index (χ0) is 15.8. The van der Waals surface area contributed by atoms with Crippen molar-refractivity contribution in [3.63, 3.8) is 0 Å². The molecule has 2 saturated carbocycles. The Balaban J connectivity index is 0.000000956. The number of hydrogen-bond donors (Lipinski definition) is 2. The molecular weight excluding hydrogens is 252 g/mol. The largest absolute Gasteiger partial charge is 0.400 e. The lowest BCUT2D eigenvalue weighted by molar-refractivity contribution is -0.250. The Morgan fingerprint density at radius 2 is 1.60 bits per heavy atom. The molecule has 5 atom stereocenters. The van der Waals surface area contributed by atoms with E-state index in [1.54, 1.807) is 6.92 Å². The summed E-state index contributed by atoms with van der Waals surface area (Å²) >= 11 is 0. The maximum absolute atomic E-state index is 9.64. The Kier molecular flexibility index (Phi) is 5.32. The van der Waals surface area contributed by atoms with Crippen molar-refractivity contribution in [1.82, 2.24) is 0 Å². The molecule has 0 aromatic heterocycles. The van der Waals surface area contributed by atoms with Crippen LogP contribution in [-0.2, 0) is 4.74 Å². The molecule has 2 N–H and O–H groups in total. The van der Waals surface area contributed by atoms with Gasteiger partial charge in [0, 0.05) is 7.11 Å². The van der Waals surface area contributed by atoms with Crippen LogP contribution in [0.3, 0.4) is 0 Å². The van der Waals surface area contributed by atoms with Crippen molar-refractivity contribution in [3.8, 4) is 0 Å². The first-order valence-corrected chi connectivity index (χ1v) is 7.94. The van der Waals surface area contributed by atoms with Crippen molar-refractivity contribution in [1.29, 1.82) is 0 Å². The molecule has 120 valence electrons. The van der Waals surface area contributed by atoms with Crippen LogP contribution in [0.1, 0.15) is 67.2 Å². The molecule has 2 rings (SSSR count). The highest BCUT2D eigenvalue weighted by Gasteiger charge is 2.61. The second-order valence-corrected chi connectivity index (χ2v) is 7.71. The summed E-state index contributed by atoms with van der Waals surface area (Å²) in [5.41, 5.74) is 0.391. The Bertz CT molecular complexity index is 326. The van der Waals surface area contributed by atoms with Gasteiger partial charge in [-0.2, -0.15) is 0 Å². The lowest BCUT2D eigenvalue weighted by atomic mass is 9.51. The number of rotatable bonds is 2. The Hall–Kier alpha value is -0.120. The Morgan fingerprint density at radius 1 is 1.05 bits per heavy atom. The molecule has 2 aliphatic rings. The van der Waals surface area contributed by atoms with Gasteiger partial charge in [0.25, 0.3) is 0 Å². The van der Waals surface area contributed by atoms with Gasteiger partial charge < -0.3 is 14.9 Å². The van der Waals surface area contributed by atoms with E-state index in [9.17, 15) is 5.11 Å². The molecule has 0 heterocycles. The quantitative estimate of drug-likeness (QED) is 0.763. The van der Waals surface area contributed by atoms with E-state index in [0.717, 1.165) is 19.4 Å². The Labute approximate surface area is 124 Å². The second kappa shape index (κ2) is 5.94. The third-order valence-electron chi connectivity index (χ3n) is 6.62. The third kappa shape index (κ3) is 2.65. The summed E-state index contributed by atoms with van der Waals surface area (Å²) in [6.07, 6.45) is 4.27. The standard InChI is InChI=1S/C16H30O2.CH4O/c1-11-7-8-13-14(3,4)16(6,18-12(2)17)10-9-15(11,13)5;1-2/h11-13,17H,7-10H2,1-6H3;2H,1H3/t11?,12?,13?,15-,16+;/m1./s1. The summed E-state index contributed by atoms with van der Waals surface area (Å²) < 4.78 is 5.94. The maximum Gasteiger partial charge on any atom is 0.152 e.